The average Bonchev–Trinajstić information content (AvgIpc) is 2.40. The lowest BCUT2D eigenvalue weighted by molar-refractivity contribution is 0.0696. The molecule has 1 aromatic rings. The van der Waals surface area contributed by atoms with Crippen LogP contribution in [0.25, 0.3) is 0 Å². The molecule has 1 aromatic heterocycles. The minimum Gasteiger partial charge on any atom is -0.478 e. The number of nitrogens with two attached hydrogens (primary N) is 1. The van der Waals surface area contributed by atoms with Crippen LogP contribution in [0.5, 0.6) is 0 Å². The van der Waals surface area contributed by atoms with Gasteiger partial charge in [0.2, 0.25) is 10.0 Å². The van der Waals surface area contributed by atoms with Crippen molar-refractivity contribution in [2.75, 3.05) is 12.3 Å². The molecule has 0 fully saturated rings. The van der Waals surface area contributed by atoms with Crippen molar-refractivity contribution in [1.29, 1.82) is 0 Å². The Morgan fingerprint density at radius 2 is 2.05 bits per heavy atom. The zero-order valence-corrected chi connectivity index (χ0v) is 11.9. The van der Waals surface area contributed by atoms with Crippen LogP contribution in [0.3, 0.4) is 0 Å². The number of aromatic nitrogens is 1. The molecule has 1 heterocycles. The summed E-state index contributed by atoms with van der Waals surface area (Å²) in [6, 6.07) is 2.19. The molecule has 0 aliphatic rings. The van der Waals surface area contributed by atoms with E-state index in [2.05, 4.69) is 15.6 Å². The van der Waals surface area contributed by atoms with Crippen LogP contribution in [-0.2, 0) is 16.6 Å². The molecule has 0 saturated carbocycles. The van der Waals surface area contributed by atoms with Gasteiger partial charge in [0.1, 0.15) is 0 Å². The van der Waals surface area contributed by atoms with Crippen molar-refractivity contribution >= 4 is 22.0 Å². The van der Waals surface area contributed by atoms with Crippen LogP contribution in [0.2, 0.25) is 0 Å². The Morgan fingerprint density at radius 1 is 1.33 bits per heavy atom. The molecule has 9 nitrogen and oxygen atoms in total. The molecule has 0 atom stereocenters. The number of sulfonamides is 1. The van der Waals surface area contributed by atoms with Crippen molar-refractivity contribution in [1.82, 2.24) is 15.6 Å². The quantitative estimate of drug-likeness (QED) is 0.486. The Hall–Kier alpha value is -2.20. The Labute approximate surface area is 121 Å². The first-order valence-electron chi connectivity index (χ1n) is 5.98. The fourth-order valence-corrected chi connectivity index (χ4v) is 1.96. The molecule has 116 valence electrons. The number of carbonyl (C=O) groups is 2. The van der Waals surface area contributed by atoms with E-state index in [4.69, 9.17) is 10.2 Å². The van der Waals surface area contributed by atoms with Gasteiger partial charge in [-0.3, -0.25) is 4.98 Å². The first kappa shape index (κ1) is 16.9. The molecule has 0 saturated heterocycles. The summed E-state index contributed by atoms with van der Waals surface area (Å²) >= 11 is 0. The van der Waals surface area contributed by atoms with E-state index in [1.165, 1.54) is 18.3 Å². The number of amides is 2. The van der Waals surface area contributed by atoms with E-state index in [0.29, 0.717) is 5.69 Å². The lowest BCUT2D eigenvalue weighted by Gasteiger charge is -2.07. The second-order valence-electron chi connectivity index (χ2n) is 4.17. The number of hydrogen-bond acceptors (Lipinski definition) is 5. The van der Waals surface area contributed by atoms with E-state index in [-0.39, 0.29) is 30.8 Å². The van der Waals surface area contributed by atoms with Gasteiger partial charge in [-0.1, -0.05) is 0 Å². The van der Waals surface area contributed by atoms with Crippen molar-refractivity contribution in [3.05, 3.63) is 29.6 Å². The third kappa shape index (κ3) is 7.22. The van der Waals surface area contributed by atoms with Crippen molar-refractivity contribution < 1.29 is 23.1 Å². The first-order chi connectivity index (χ1) is 9.78. The van der Waals surface area contributed by atoms with Gasteiger partial charge in [-0.15, -0.1) is 0 Å². The van der Waals surface area contributed by atoms with E-state index in [1.54, 1.807) is 0 Å². The van der Waals surface area contributed by atoms with Gasteiger partial charge in [-0.25, -0.2) is 23.1 Å². The predicted molar refractivity (Wildman–Crippen MR) is 74.0 cm³/mol. The summed E-state index contributed by atoms with van der Waals surface area (Å²) in [5, 5.41) is 18.5. The van der Waals surface area contributed by atoms with Gasteiger partial charge in [0.15, 0.2) is 0 Å². The number of carboxylic acids is 1. The Morgan fingerprint density at radius 3 is 2.67 bits per heavy atom. The van der Waals surface area contributed by atoms with Crippen LogP contribution >= 0.6 is 0 Å². The number of nitrogens with one attached hydrogen (secondary N) is 2. The maximum absolute atomic E-state index is 11.4. The Balaban J connectivity index is 2.33. The number of primary sulfonamides is 1. The van der Waals surface area contributed by atoms with Gasteiger partial charge in [0.25, 0.3) is 0 Å². The van der Waals surface area contributed by atoms with Crippen LogP contribution in [0.15, 0.2) is 18.3 Å². The number of hydrogen-bond donors (Lipinski definition) is 4. The van der Waals surface area contributed by atoms with Gasteiger partial charge in [0, 0.05) is 12.7 Å². The van der Waals surface area contributed by atoms with Crippen LogP contribution in [-0.4, -0.2) is 42.8 Å². The summed E-state index contributed by atoms with van der Waals surface area (Å²) < 4.78 is 21.3. The molecule has 0 aliphatic carbocycles. The smallest absolute Gasteiger partial charge is 0.335 e. The highest BCUT2D eigenvalue weighted by atomic mass is 32.2. The number of nitrogens with zero attached hydrogens (tertiary/aromatic N) is 1. The number of carboxylic acid groups (broad SMARTS) is 1. The summed E-state index contributed by atoms with van der Waals surface area (Å²) in [4.78, 5) is 26.1. The maximum Gasteiger partial charge on any atom is 0.335 e. The minimum atomic E-state index is -3.53. The highest BCUT2D eigenvalue weighted by molar-refractivity contribution is 7.89. The fourth-order valence-electron chi connectivity index (χ4n) is 1.42. The lowest BCUT2D eigenvalue weighted by Crippen LogP contribution is -2.36. The molecule has 0 aliphatic heterocycles. The normalized spacial score (nSPS) is 10.9. The average molecular weight is 316 g/mol. The Bertz CT molecular complexity index is 617. The number of carbonyl (C=O) groups excluding carboxylic acids is 1. The third-order valence-corrected chi connectivity index (χ3v) is 3.24. The van der Waals surface area contributed by atoms with Gasteiger partial charge in [-0.05, 0) is 18.6 Å². The first-order valence-corrected chi connectivity index (χ1v) is 7.70. The molecule has 1 rings (SSSR count). The van der Waals surface area contributed by atoms with Gasteiger partial charge >= 0.3 is 12.0 Å². The standard InChI is InChI=1S/C11H16N4O5S/c12-21(19,20)5-1-3-14-11(18)15-7-9-6-8(10(16)17)2-4-13-9/h2,4,6H,1,3,5,7H2,(H,16,17)(H2,12,19,20)(H2,14,15,18). The monoisotopic (exact) mass is 316 g/mol. The largest absolute Gasteiger partial charge is 0.478 e. The Kier molecular flexibility index (Phi) is 6.06. The van der Waals surface area contributed by atoms with E-state index >= 15 is 0 Å². The summed E-state index contributed by atoms with van der Waals surface area (Å²) in [5.41, 5.74) is 0.477. The van der Waals surface area contributed by atoms with Gasteiger partial charge in [0.05, 0.1) is 23.6 Å². The molecule has 0 spiro atoms. The molecule has 21 heavy (non-hydrogen) atoms. The third-order valence-electron chi connectivity index (χ3n) is 2.38. The molecule has 0 aromatic carbocycles. The van der Waals surface area contributed by atoms with E-state index in [9.17, 15) is 18.0 Å². The number of urea groups is 1. The van der Waals surface area contributed by atoms with E-state index in [0.717, 1.165) is 0 Å². The van der Waals surface area contributed by atoms with E-state index in [1.807, 2.05) is 0 Å². The highest BCUT2D eigenvalue weighted by Gasteiger charge is 2.06. The van der Waals surface area contributed by atoms with Gasteiger partial charge < -0.3 is 15.7 Å². The summed E-state index contributed by atoms with van der Waals surface area (Å²) in [6.07, 6.45) is 1.55. The zero-order valence-electron chi connectivity index (χ0n) is 11.1. The van der Waals surface area contributed by atoms with Crippen molar-refractivity contribution in [2.45, 2.75) is 13.0 Å². The van der Waals surface area contributed by atoms with E-state index < -0.39 is 22.0 Å². The molecule has 2 amide bonds. The van der Waals surface area contributed by atoms with Crippen molar-refractivity contribution in [2.24, 2.45) is 5.14 Å². The fraction of sp³-hybridized carbons (Fsp3) is 0.364. The maximum atomic E-state index is 11.4. The molecular weight excluding hydrogens is 300 g/mol. The SMILES string of the molecule is NS(=O)(=O)CCCNC(=O)NCc1cc(C(=O)O)ccn1. The van der Waals surface area contributed by atoms with Crippen LogP contribution in [0.4, 0.5) is 4.79 Å². The molecule has 5 N–H and O–H groups in total. The van der Waals surface area contributed by atoms with Crippen molar-refractivity contribution in [3.8, 4) is 0 Å². The number of aromatic carboxylic acids is 1. The predicted octanol–water partition coefficient (Wildman–Crippen LogP) is -0.742. The second kappa shape index (κ2) is 7.55. The second-order valence-corrected chi connectivity index (χ2v) is 5.90. The molecule has 0 unspecified atom stereocenters. The highest BCUT2D eigenvalue weighted by Crippen LogP contribution is 2.01. The number of pyridine rings is 1. The zero-order chi connectivity index (χ0) is 15.9. The molecular formula is C11H16N4O5S. The summed E-state index contributed by atoms with van der Waals surface area (Å²) in [6.45, 7) is 0.215. The summed E-state index contributed by atoms with van der Waals surface area (Å²) in [7, 11) is -3.53. The topological polar surface area (TPSA) is 151 Å². The van der Waals surface area contributed by atoms with Gasteiger partial charge in [-0.2, -0.15) is 0 Å². The molecule has 0 radical (unpaired) electrons. The molecule has 0 bridgehead atoms. The van der Waals surface area contributed by atoms with Crippen LogP contribution in [0.1, 0.15) is 22.5 Å². The lowest BCUT2D eigenvalue weighted by atomic mass is 10.2. The summed E-state index contributed by atoms with van der Waals surface area (Å²) in [5.74, 6) is -1.29. The van der Waals surface area contributed by atoms with Crippen molar-refractivity contribution in [3.63, 3.8) is 0 Å². The number of rotatable bonds is 7. The molecule has 10 heteroatoms. The minimum absolute atomic E-state index is 0.0577. The van der Waals surface area contributed by atoms with Crippen LogP contribution < -0.4 is 15.8 Å². The van der Waals surface area contributed by atoms with Crippen LogP contribution in [0, 0.1) is 0 Å².